The molecule has 0 aliphatic carbocycles. The van der Waals surface area contributed by atoms with Gasteiger partial charge in [-0.2, -0.15) is 0 Å². The average Bonchev–Trinajstić information content (AvgIpc) is 3.45. The SMILES string of the molecule is CCNC(=NCc1ccc(N2CC=CC2)cc1)N1CCC(CN2CCOCC2)C1. The van der Waals surface area contributed by atoms with Crippen LogP contribution in [0.3, 0.4) is 0 Å². The minimum Gasteiger partial charge on any atom is -0.379 e. The summed E-state index contributed by atoms with van der Waals surface area (Å²) in [6.07, 6.45) is 5.70. The van der Waals surface area contributed by atoms with Crippen LogP contribution in [0.2, 0.25) is 0 Å². The summed E-state index contributed by atoms with van der Waals surface area (Å²) < 4.78 is 5.48. The first-order valence-electron chi connectivity index (χ1n) is 11.1. The highest BCUT2D eigenvalue weighted by Gasteiger charge is 2.27. The summed E-state index contributed by atoms with van der Waals surface area (Å²) in [6, 6.07) is 8.87. The Balaban J connectivity index is 1.31. The number of ether oxygens (including phenoxy) is 1. The summed E-state index contributed by atoms with van der Waals surface area (Å²) >= 11 is 0. The fraction of sp³-hybridized carbons (Fsp3) is 0.609. The van der Waals surface area contributed by atoms with Gasteiger partial charge in [0.15, 0.2) is 5.96 Å². The van der Waals surface area contributed by atoms with Crippen LogP contribution in [0.4, 0.5) is 5.69 Å². The van der Waals surface area contributed by atoms with Crippen molar-refractivity contribution in [3.8, 4) is 0 Å². The van der Waals surface area contributed by atoms with Crippen LogP contribution in [0, 0.1) is 5.92 Å². The molecule has 1 N–H and O–H groups in total. The first-order chi connectivity index (χ1) is 14.3. The molecular weight excluding hydrogens is 362 g/mol. The van der Waals surface area contributed by atoms with E-state index in [1.807, 2.05) is 0 Å². The van der Waals surface area contributed by atoms with Crippen molar-refractivity contribution in [1.29, 1.82) is 0 Å². The van der Waals surface area contributed by atoms with Gasteiger partial charge in [-0.25, -0.2) is 4.99 Å². The third-order valence-electron chi connectivity index (χ3n) is 6.07. The topological polar surface area (TPSA) is 43.3 Å². The van der Waals surface area contributed by atoms with E-state index in [1.165, 1.54) is 24.2 Å². The standard InChI is InChI=1S/C23H35N5O/c1-2-24-23(28-12-9-21(19-28)18-26-13-15-29-16-14-26)25-17-20-5-7-22(8-6-20)27-10-3-4-11-27/h3-8,21H,2,9-19H2,1H3,(H,24,25). The lowest BCUT2D eigenvalue weighted by Crippen LogP contribution is -2.42. The molecule has 3 aliphatic rings. The second-order valence-electron chi connectivity index (χ2n) is 8.23. The molecule has 4 rings (SSSR count). The molecular formula is C23H35N5O. The number of morpholine rings is 1. The maximum absolute atomic E-state index is 5.48. The fourth-order valence-corrected chi connectivity index (χ4v) is 4.42. The maximum atomic E-state index is 5.48. The van der Waals surface area contributed by atoms with Gasteiger partial charge in [-0.15, -0.1) is 0 Å². The number of hydrogen-bond acceptors (Lipinski definition) is 4. The predicted molar refractivity (Wildman–Crippen MR) is 120 cm³/mol. The molecule has 158 valence electrons. The molecule has 2 fully saturated rings. The Bertz CT molecular complexity index is 688. The summed E-state index contributed by atoms with van der Waals surface area (Å²) in [5.74, 6) is 1.79. The molecule has 6 heteroatoms. The molecule has 0 spiro atoms. The van der Waals surface area contributed by atoms with Gasteiger partial charge in [-0.1, -0.05) is 24.3 Å². The summed E-state index contributed by atoms with van der Waals surface area (Å²) in [7, 11) is 0. The van der Waals surface area contributed by atoms with Gasteiger partial charge < -0.3 is 19.9 Å². The van der Waals surface area contributed by atoms with E-state index in [-0.39, 0.29) is 0 Å². The molecule has 0 aromatic heterocycles. The van der Waals surface area contributed by atoms with Crippen LogP contribution in [0.5, 0.6) is 0 Å². The van der Waals surface area contributed by atoms with Gasteiger partial charge in [0, 0.05) is 58.0 Å². The van der Waals surface area contributed by atoms with Crippen molar-refractivity contribution < 1.29 is 4.74 Å². The Kier molecular flexibility index (Phi) is 7.06. The molecule has 0 amide bonds. The first kappa shape index (κ1) is 20.2. The van der Waals surface area contributed by atoms with E-state index in [0.29, 0.717) is 0 Å². The second kappa shape index (κ2) is 10.1. The van der Waals surface area contributed by atoms with Gasteiger partial charge in [-0.05, 0) is 37.0 Å². The number of anilines is 1. The Morgan fingerprint density at radius 3 is 2.59 bits per heavy atom. The molecule has 6 nitrogen and oxygen atoms in total. The minimum absolute atomic E-state index is 0.727. The molecule has 1 aromatic rings. The maximum Gasteiger partial charge on any atom is 0.194 e. The monoisotopic (exact) mass is 397 g/mol. The Labute approximate surface area is 175 Å². The van der Waals surface area contributed by atoms with E-state index in [1.54, 1.807) is 0 Å². The molecule has 1 unspecified atom stereocenters. The van der Waals surface area contributed by atoms with Gasteiger partial charge in [0.25, 0.3) is 0 Å². The number of likely N-dealkylation sites (tertiary alicyclic amines) is 1. The fourth-order valence-electron chi connectivity index (χ4n) is 4.42. The Morgan fingerprint density at radius 2 is 1.86 bits per heavy atom. The number of rotatable bonds is 6. The third-order valence-corrected chi connectivity index (χ3v) is 6.07. The Hall–Kier alpha value is -2.05. The van der Waals surface area contributed by atoms with Crippen molar-refractivity contribution in [3.63, 3.8) is 0 Å². The molecule has 0 radical (unpaired) electrons. The molecule has 3 aliphatic heterocycles. The summed E-state index contributed by atoms with van der Waals surface area (Å²) in [4.78, 5) is 12.3. The van der Waals surface area contributed by atoms with Crippen molar-refractivity contribution in [2.75, 3.05) is 70.5 Å². The zero-order valence-electron chi connectivity index (χ0n) is 17.7. The highest BCUT2D eigenvalue weighted by molar-refractivity contribution is 5.80. The van der Waals surface area contributed by atoms with Crippen molar-refractivity contribution >= 4 is 11.6 Å². The van der Waals surface area contributed by atoms with Gasteiger partial charge in [0.2, 0.25) is 0 Å². The number of nitrogens with zero attached hydrogens (tertiary/aromatic N) is 4. The zero-order chi connectivity index (χ0) is 19.9. The van der Waals surface area contributed by atoms with E-state index in [4.69, 9.17) is 9.73 Å². The van der Waals surface area contributed by atoms with E-state index in [0.717, 1.165) is 77.4 Å². The van der Waals surface area contributed by atoms with E-state index in [9.17, 15) is 0 Å². The van der Waals surface area contributed by atoms with Crippen molar-refractivity contribution in [2.24, 2.45) is 10.9 Å². The number of benzene rings is 1. The van der Waals surface area contributed by atoms with Crippen molar-refractivity contribution in [2.45, 2.75) is 19.9 Å². The van der Waals surface area contributed by atoms with Crippen LogP contribution in [0.25, 0.3) is 0 Å². The number of guanidine groups is 1. The van der Waals surface area contributed by atoms with E-state index in [2.05, 4.69) is 63.4 Å². The van der Waals surface area contributed by atoms with Gasteiger partial charge in [0.1, 0.15) is 0 Å². The van der Waals surface area contributed by atoms with Crippen LogP contribution >= 0.6 is 0 Å². The Morgan fingerprint density at radius 1 is 1.10 bits per heavy atom. The quantitative estimate of drug-likeness (QED) is 0.453. The normalized spacial score (nSPS) is 23.2. The predicted octanol–water partition coefficient (Wildman–Crippen LogP) is 2.18. The van der Waals surface area contributed by atoms with E-state index >= 15 is 0 Å². The van der Waals surface area contributed by atoms with Gasteiger partial charge in [0.05, 0.1) is 19.8 Å². The zero-order valence-corrected chi connectivity index (χ0v) is 17.7. The van der Waals surface area contributed by atoms with E-state index < -0.39 is 0 Å². The lowest BCUT2D eigenvalue weighted by Gasteiger charge is -2.29. The molecule has 0 bridgehead atoms. The smallest absolute Gasteiger partial charge is 0.194 e. The number of hydrogen-bond donors (Lipinski definition) is 1. The summed E-state index contributed by atoms with van der Waals surface area (Å²) in [6.45, 7) is 13.1. The lowest BCUT2D eigenvalue weighted by molar-refractivity contribution is 0.0315. The highest BCUT2D eigenvalue weighted by Crippen LogP contribution is 2.20. The molecule has 29 heavy (non-hydrogen) atoms. The third kappa shape index (κ3) is 5.52. The first-order valence-corrected chi connectivity index (χ1v) is 11.1. The van der Waals surface area contributed by atoms with Crippen molar-refractivity contribution in [1.82, 2.24) is 15.1 Å². The lowest BCUT2D eigenvalue weighted by atomic mass is 10.1. The molecule has 0 saturated carbocycles. The van der Waals surface area contributed by atoms with Crippen LogP contribution in [0.15, 0.2) is 41.4 Å². The second-order valence-corrected chi connectivity index (χ2v) is 8.23. The number of aliphatic imine (C=N–C) groups is 1. The van der Waals surface area contributed by atoms with Crippen LogP contribution in [-0.2, 0) is 11.3 Å². The average molecular weight is 398 g/mol. The molecule has 1 atom stereocenters. The van der Waals surface area contributed by atoms with Gasteiger partial charge >= 0.3 is 0 Å². The summed E-state index contributed by atoms with van der Waals surface area (Å²) in [5, 5.41) is 3.50. The van der Waals surface area contributed by atoms with Crippen LogP contribution < -0.4 is 10.2 Å². The molecule has 2 saturated heterocycles. The molecule has 1 aromatic carbocycles. The summed E-state index contributed by atoms with van der Waals surface area (Å²) in [5.41, 5.74) is 2.56. The molecule has 3 heterocycles. The van der Waals surface area contributed by atoms with Gasteiger partial charge in [-0.3, -0.25) is 4.90 Å². The minimum atomic E-state index is 0.727. The van der Waals surface area contributed by atoms with Crippen LogP contribution in [0.1, 0.15) is 18.9 Å². The largest absolute Gasteiger partial charge is 0.379 e. The number of nitrogens with one attached hydrogen (secondary N) is 1. The van der Waals surface area contributed by atoms with Crippen LogP contribution in [-0.4, -0.2) is 81.3 Å². The highest BCUT2D eigenvalue weighted by atomic mass is 16.5. The van der Waals surface area contributed by atoms with Crippen molar-refractivity contribution in [3.05, 3.63) is 42.0 Å².